The molecular formula is C11H20ClNO. The lowest BCUT2D eigenvalue weighted by Gasteiger charge is -2.15. The van der Waals surface area contributed by atoms with Gasteiger partial charge in [0, 0.05) is 19.5 Å². The van der Waals surface area contributed by atoms with Crippen LogP contribution in [0.4, 0.5) is 0 Å². The van der Waals surface area contributed by atoms with E-state index >= 15 is 0 Å². The van der Waals surface area contributed by atoms with Crippen molar-refractivity contribution in [2.75, 3.05) is 13.1 Å². The van der Waals surface area contributed by atoms with Crippen LogP contribution in [0.25, 0.3) is 0 Å². The first-order chi connectivity index (χ1) is 6.74. The lowest BCUT2D eigenvalue weighted by atomic mass is 10.1. The van der Waals surface area contributed by atoms with Crippen molar-refractivity contribution < 1.29 is 4.79 Å². The number of carbonyl (C=O) groups is 1. The molecule has 0 radical (unpaired) electrons. The lowest BCUT2D eigenvalue weighted by molar-refractivity contribution is -0.130. The molecule has 1 aliphatic heterocycles. The van der Waals surface area contributed by atoms with Crippen molar-refractivity contribution >= 4 is 17.5 Å². The van der Waals surface area contributed by atoms with E-state index in [9.17, 15) is 4.79 Å². The number of likely N-dealkylation sites (tertiary alicyclic amines) is 1. The minimum Gasteiger partial charge on any atom is -0.341 e. The SMILES string of the molecule is CCCCCCC(=O)N1CCC(Cl)C1. The fraction of sp³-hybridized carbons (Fsp3) is 0.909. The maximum absolute atomic E-state index is 11.6. The number of hydrogen-bond donors (Lipinski definition) is 0. The first-order valence-electron chi connectivity index (χ1n) is 5.66. The van der Waals surface area contributed by atoms with E-state index in [1.54, 1.807) is 0 Å². The fourth-order valence-corrected chi connectivity index (χ4v) is 2.07. The van der Waals surface area contributed by atoms with Crippen LogP contribution in [-0.2, 0) is 4.79 Å². The summed E-state index contributed by atoms with van der Waals surface area (Å²) >= 11 is 5.94. The molecule has 2 nitrogen and oxygen atoms in total. The Kier molecular flexibility index (Phi) is 5.31. The van der Waals surface area contributed by atoms with Crippen LogP contribution in [0.3, 0.4) is 0 Å². The summed E-state index contributed by atoms with van der Waals surface area (Å²) in [5.41, 5.74) is 0. The Morgan fingerprint density at radius 3 is 2.79 bits per heavy atom. The average Bonchev–Trinajstić information content (AvgIpc) is 2.59. The highest BCUT2D eigenvalue weighted by molar-refractivity contribution is 6.21. The van der Waals surface area contributed by atoms with Crippen molar-refractivity contribution in [3.63, 3.8) is 0 Å². The summed E-state index contributed by atoms with van der Waals surface area (Å²) in [6.45, 7) is 3.80. The zero-order valence-electron chi connectivity index (χ0n) is 8.97. The van der Waals surface area contributed by atoms with Crippen molar-refractivity contribution in [2.45, 2.75) is 50.8 Å². The second-order valence-corrected chi connectivity index (χ2v) is 4.65. The molecule has 1 aliphatic rings. The molecule has 0 aromatic rings. The van der Waals surface area contributed by atoms with E-state index in [1.807, 2.05) is 4.90 Å². The molecule has 1 atom stereocenters. The number of alkyl halides is 1. The molecule has 1 unspecified atom stereocenters. The normalized spacial score (nSPS) is 21.6. The van der Waals surface area contributed by atoms with Gasteiger partial charge in [0.1, 0.15) is 0 Å². The van der Waals surface area contributed by atoms with Crippen LogP contribution in [0.1, 0.15) is 45.4 Å². The van der Waals surface area contributed by atoms with E-state index in [-0.39, 0.29) is 5.38 Å². The molecule has 0 bridgehead atoms. The van der Waals surface area contributed by atoms with Crippen molar-refractivity contribution in [3.05, 3.63) is 0 Å². The summed E-state index contributed by atoms with van der Waals surface area (Å²) in [6.07, 6.45) is 6.36. The van der Waals surface area contributed by atoms with Gasteiger partial charge in [-0.1, -0.05) is 26.2 Å². The summed E-state index contributed by atoms with van der Waals surface area (Å²) < 4.78 is 0. The van der Waals surface area contributed by atoms with Crippen LogP contribution in [0.5, 0.6) is 0 Å². The van der Waals surface area contributed by atoms with Gasteiger partial charge in [-0.2, -0.15) is 0 Å². The molecule has 1 saturated heterocycles. The predicted octanol–water partition coefficient (Wildman–Crippen LogP) is 2.80. The topological polar surface area (TPSA) is 20.3 Å². The number of rotatable bonds is 5. The van der Waals surface area contributed by atoms with Crippen molar-refractivity contribution in [1.29, 1.82) is 0 Å². The third kappa shape index (κ3) is 3.87. The van der Waals surface area contributed by atoms with E-state index < -0.39 is 0 Å². The highest BCUT2D eigenvalue weighted by atomic mass is 35.5. The Bertz CT molecular complexity index is 184. The zero-order valence-corrected chi connectivity index (χ0v) is 9.72. The smallest absolute Gasteiger partial charge is 0.222 e. The van der Waals surface area contributed by atoms with E-state index in [0.717, 1.165) is 25.9 Å². The summed E-state index contributed by atoms with van der Waals surface area (Å²) in [4.78, 5) is 13.5. The van der Waals surface area contributed by atoms with Gasteiger partial charge in [0.15, 0.2) is 0 Å². The van der Waals surface area contributed by atoms with Crippen LogP contribution in [0.15, 0.2) is 0 Å². The van der Waals surface area contributed by atoms with E-state index in [1.165, 1.54) is 19.3 Å². The molecule has 82 valence electrons. The summed E-state index contributed by atoms with van der Waals surface area (Å²) in [6, 6.07) is 0. The van der Waals surface area contributed by atoms with Crippen LogP contribution in [0.2, 0.25) is 0 Å². The number of halogens is 1. The van der Waals surface area contributed by atoms with E-state index in [2.05, 4.69) is 6.92 Å². The standard InChI is InChI=1S/C11H20ClNO/c1-2-3-4-5-6-11(14)13-8-7-10(12)9-13/h10H,2-9H2,1H3. The van der Waals surface area contributed by atoms with Gasteiger partial charge in [-0.3, -0.25) is 4.79 Å². The van der Waals surface area contributed by atoms with Gasteiger partial charge in [0.2, 0.25) is 5.91 Å². The van der Waals surface area contributed by atoms with E-state index in [4.69, 9.17) is 11.6 Å². The number of unbranched alkanes of at least 4 members (excludes halogenated alkanes) is 3. The van der Waals surface area contributed by atoms with Crippen LogP contribution in [0, 0.1) is 0 Å². The Morgan fingerprint density at radius 1 is 1.43 bits per heavy atom. The molecule has 3 heteroatoms. The largest absolute Gasteiger partial charge is 0.341 e. The molecule has 0 N–H and O–H groups in total. The maximum Gasteiger partial charge on any atom is 0.222 e. The first-order valence-corrected chi connectivity index (χ1v) is 6.09. The summed E-state index contributed by atoms with van der Waals surface area (Å²) in [7, 11) is 0. The Morgan fingerprint density at radius 2 is 2.21 bits per heavy atom. The minimum absolute atomic E-state index is 0.189. The maximum atomic E-state index is 11.6. The Hall–Kier alpha value is -0.240. The number of amides is 1. The van der Waals surface area contributed by atoms with Crippen molar-refractivity contribution in [1.82, 2.24) is 4.90 Å². The van der Waals surface area contributed by atoms with Gasteiger partial charge >= 0.3 is 0 Å². The Balaban J connectivity index is 2.09. The zero-order chi connectivity index (χ0) is 10.4. The second-order valence-electron chi connectivity index (χ2n) is 4.04. The third-order valence-corrected chi connectivity index (χ3v) is 3.08. The molecule has 1 fully saturated rings. The minimum atomic E-state index is 0.189. The van der Waals surface area contributed by atoms with Gasteiger partial charge in [0.25, 0.3) is 0 Å². The quantitative estimate of drug-likeness (QED) is 0.512. The van der Waals surface area contributed by atoms with Crippen molar-refractivity contribution in [2.24, 2.45) is 0 Å². The molecule has 14 heavy (non-hydrogen) atoms. The fourth-order valence-electron chi connectivity index (χ4n) is 1.81. The predicted molar refractivity (Wildman–Crippen MR) is 59.6 cm³/mol. The second kappa shape index (κ2) is 6.28. The van der Waals surface area contributed by atoms with Gasteiger partial charge in [-0.15, -0.1) is 11.6 Å². The molecule has 1 amide bonds. The highest BCUT2D eigenvalue weighted by Crippen LogP contribution is 2.16. The molecule has 1 heterocycles. The molecule has 0 saturated carbocycles. The first kappa shape index (κ1) is 11.8. The van der Waals surface area contributed by atoms with E-state index in [0.29, 0.717) is 12.3 Å². The monoisotopic (exact) mass is 217 g/mol. The Labute approximate surface area is 91.6 Å². The third-order valence-electron chi connectivity index (χ3n) is 2.73. The molecule has 0 aliphatic carbocycles. The lowest BCUT2D eigenvalue weighted by Crippen LogP contribution is -2.28. The molecule has 1 rings (SSSR count). The number of hydrogen-bond acceptors (Lipinski definition) is 1. The highest BCUT2D eigenvalue weighted by Gasteiger charge is 2.23. The van der Waals surface area contributed by atoms with Gasteiger partial charge in [-0.05, 0) is 12.8 Å². The van der Waals surface area contributed by atoms with Crippen LogP contribution >= 0.6 is 11.6 Å². The average molecular weight is 218 g/mol. The summed E-state index contributed by atoms with van der Waals surface area (Å²) in [5.74, 6) is 0.296. The van der Waals surface area contributed by atoms with Gasteiger partial charge in [-0.25, -0.2) is 0 Å². The van der Waals surface area contributed by atoms with Crippen LogP contribution < -0.4 is 0 Å². The van der Waals surface area contributed by atoms with Gasteiger partial charge < -0.3 is 4.90 Å². The number of nitrogens with zero attached hydrogens (tertiary/aromatic N) is 1. The van der Waals surface area contributed by atoms with Crippen LogP contribution in [-0.4, -0.2) is 29.3 Å². The van der Waals surface area contributed by atoms with Crippen molar-refractivity contribution in [3.8, 4) is 0 Å². The molecular weight excluding hydrogens is 198 g/mol. The van der Waals surface area contributed by atoms with Gasteiger partial charge in [0.05, 0.1) is 5.38 Å². The molecule has 0 aromatic heterocycles. The molecule has 0 spiro atoms. The summed E-state index contributed by atoms with van der Waals surface area (Å²) in [5, 5.41) is 0.189. The molecule has 0 aromatic carbocycles. The number of carbonyl (C=O) groups excluding carboxylic acids is 1.